The number of nitrogens with zero attached hydrogens (tertiary/aromatic N) is 1. The van der Waals surface area contributed by atoms with Gasteiger partial charge in [0, 0.05) is 24.1 Å². The highest BCUT2D eigenvalue weighted by molar-refractivity contribution is 6.03. The molecule has 3 N–H and O–H groups in total. The number of aromatic hydroxyl groups is 2. The Morgan fingerprint density at radius 2 is 1.96 bits per heavy atom. The van der Waals surface area contributed by atoms with Crippen LogP contribution in [0.2, 0.25) is 0 Å². The second-order valence-corrected chi connectivity index (χ2v) is 7.91. The lowest BCUT2D eigenvalue weighted by Gasteiger charge is -2.36. The van der Waals surface area contributed by atoms with E-state index in [1.807, 2.05) is 43.1 Å². The molecule has 2 aromatic rings. The summed E-state index contributed by atoms with van der Waals surface area (Å²) in [5, 5.41) is 31.5. The highest BCUT2D eigenvalue weighted by atomic mass is 16.5. The Morgan fingerprint density at radius 1 is 1.18 bits per heavy atom. The molecule has 3 atom stereocenters. The van der Waals surface area contributed by atoms with Crippen LogP contribution in [0.1, 0.15) is 51.9 Å². The van der Waals surface area contributed by atoms with Crippen molar-refractivity contribution in [2.24, 2.45) is 0 Å². The van der Waals surface area contributed by atoms with Gasteiger partial charge in [0.2, 0.25) is 0 Å². The van der Waals surface area contributed by atoms with Crippen LogP contribution >= 0.6 is 0 Å². The number of aliphatic hydroxyl groups excluding tert-OH is 1. The molecular weight excluding hydrogens is 358 g/mol. The van der Waals surface area contributed by atoms with Crippen molar-refractivity contribution in [2.75, 3.05) is 20.1 Å². The molecule has 0 radical (unpaired) electrons. The average Bonchev–Trinajstić information content (AvgIpc) is 2.62. The topological polar surface area (TPSA) is 90.2 Å². The Hall–Kier alpha value is -2.57. The molecule has 2 aliphatic heterocycles. The summed E-state index contributed by atoms with van der Waals surface area (Å²) in [4.78, 5) is 14.9. The summed E-state index contributed by atoms with van der Waals surface area (Å²) >= 11 is 0. The third-order valence-corrected chi connectivity index (χ3v) is 5.76. The van der Waals surface area contributed by atoms with Crippen molar-refractivity contribution in [1.82, 2.24) is 4.90 Å². The zero-order chi connectivity index (χ0) is 20.0. The lowest BCUT2D eigenvalue weighted by molar-refractivity contribution is 0.0592. The lowest BCUT2D eigenvalue weighted by Crippen LogP contribution is -2.40. The van der Waals surface area contributed by atoms with Crippen LogP contribution in [0.25, 0.3) is 0 Å². The number of aryl methyl sites for hydroxylation is 1. The van der Waals surface area contributed by atoms with Gasteiger partial charge in [0.25, 0.3) is 0 Å². The molecule has 0 amide bonds. The van der Waals surface area contributed by atoms with Gasteiger partial charge in [0.15, 0.2) is 5.78 Å². The number of ether oxygens (including phenoxy) is 1. The third-order valence-electron chi connectivity index (χ3n) is 5.76. The molecule has 2 heterocycles. The van der Waals surface area contributed by atoms with E-state index in [-0.39, 0.29) is 40.9 Å². The van der Waals surface area contributed by atoms with Crippen LogP contribution in [0.4, 0.5) is 0 Å². The Balaban J connectivity index is 1.80. The summed E-state index contributed by atoms with van der Waals surface area (Å²) in [6.45, 7) is 3.20. The molecule has 1 unspecified atom stereocenters. The van der Waals surface area contributed by atoms with Crippen LogP contribution in [0.5, 0.6) is 17.2 Å². The predicted molar refractivity (Wildman–Crippen MR) is 104 cm³/mol. The largest absolute Gasteiger partial charge is 0.507 e. The number of β-amino-alcohol motifs (C(OH)–C–C–N with tert-alkyl or cyclic N) is 1. The summed E-state index contributed by atoms with van der Waals surface area (Å²) < 4.78 is 6.20. The summed E-state index contributed by atoms with van der Waals surface area (Å²) in [5.74, 6) is -0.828. The molecule has 28 heavy (non-hydrogen) atoms. The number of rotatable bonds is 2. The number of phenols is 2. The first-order chi connectivity index (χ1) is 13.3. The van der Waals surface area contributed by atoms with Crippen LogP contribution in [0.15, 0.2) is 30.3 Å². The lowest BCUT2D eigenvalue weighted by atomic mass is 9.83. The highest BCUT2D eigenvalue weighted by Crippen LogP contribution is 2.49. The Labute approximate surface area is 164 Å². The van der Waals surface area contributed by atoms with Gasteiger partial charge >= 0.3 is 0 Å². The molecule has 2 aromatic carbocycles. The van der Waals surface area contributed by atoms with E-state index >= 15 is 0 Å². The van der Waals surface area contributed by atoms with Crippen molar-refractivity contribution in [1.29, 1.82) is 0 Å². The van der Waals surface area contributed by atoms with Crippen molar-refractivity contribution < 1.29 is 24.9 Å². The van der Waals surface area contributed by atoms with Crippen LogP contribution < -0.4 is 4.74 Å². The molecule has 0 aliphatic carbocycles. The summed E-state index contributed by atoms with van der Waals surface area (Å²) in [6.07, 6.45) is -0.459. The highest BCUT2D eigenvalue weighted by Gasteiger charge is 2.38. The number of aliphatic hydroxyl groups is 1. The normalized spacial score (nSPS) is 25.2. The number of fused-ring (bicyclic) bond motifs is 1. The fourth-order valence-corrected chi connectivity index (χ4v) is 4.33. The number of likely N-dealkylation sites (N-methyl/N-ethyl adjacent to an activating group) is 1. The van der Waals surface area contributed by atoms with Gasteiger partial charge in [-0.05, 0) is 32.5 Å². The van der Waals surface area contributed by atoms with Crippen molar-refractivity contribution in [2.45, 2.75) is 37.9 Å². The number of carbonyl (C=O) groups is 1. The van der Waals surface area contributed by atoms with Crippen molar-refractivity contribution in [3.8, 4) is 17.2 Å². The summed E-state index contributed by atoms with van der Waals surface area (Å²) in [5.41, 5.74) is 2.45. The van der Waals surface area contributed by atoms with Gasteiger partial charge < -0.3 is 25.0 Å². The Bertz CT molecular complexity index is 925. The van der Waals surface area contributed by atoms with Gasteiger partial charge in [-0.1, -0.05) is 29.8 Å². The number of Topliss-reactive ketones (excluding diaryl/α,β-unsaturated/α-hetero) is 1. The van der Waals surface area contributed by atoms with Gasteiger partial charge in [-0.3, -0.25) is 4.79 Å². The Morgan fingerprint density at radius 3 is 2.68 bits per heavy atom. The van der Waals surface area contributed by atoms with E-state index in [0.29, 0.717) is 18.5 Å². The van der Waals surface area contributed by atoms with E-state index in [0.717, 1.165) is 17.7 Å². The Kier molecular flexibility index (Phi) is 4.77. The van der Waals surface area contributed by atoms with E-state index in [1.165, 1.54) is 6.07 Å². The number of hydrogen-bond donors (Lipinski definition) is 3. The summed E-state index contributed by atoms with van der Waals surface area (Å²) in [7, 11) is 1.93. The molecule has 6 nitrogen and oxygen atoms in total. The molecule has 4 rings (SSSR count). The summed E-state index contributed by atoms with van der Waals surface area (Å²) in [6, 6.07) is 8.95. The number of ketones is 1. The van der Waals surface area contributed by atoms with Crippen molar-refractivity contribution in [3.63, 3.8) is 0 Å². The van der Waals surface area contributed by atoms with Crippen LogP contribution in [-0.2, 0) is 0 Å². The SMILES string of the molecule is Cc1cccc(C2CC(=O)c3c(O)cc(O)c([C@@H]4CCN(C)C[C@@H]4O)c3O2)c1. The maximum absolute atomic E-state index is 12.9. The predicted octanol–water partition coefficient (Wildman–Crippen LogP) is 2.89. The maximum atomic E-state index is 12.9. The van der Waals surface area contributed by atoms with Crippen molar-refractivity contribution in [3.05, 3.63) is 52.6 Å². The van der Waals surface area contributed by atoms with Gasteiger partial charge in [-0.25, -0.2) is 0 Å². The van der Waals surface area contributed by atoms with E-state index in [1.54, 1.807) is 0 Å². The van der Waals surface area contributed by atoms with E-state index in [2.05, 4.69) is 0 Å². The molecule has 148 valence electrons. The molecule has 0 spiro atoms. The van der Waals surface area contributed by atoms with Gasteiger partial charge in [0.1, 0.15) is 28.9 Å². The monoisotopic (exact) mass is 383 g/mol. The quantitative estimate of drug-likeness (QED) is 0.739. The zero-order valence-corrected chi connectivity index (χ0v) is 16.1. The number of carbonyl (C=O) groups excluding carboxylic acids is 1. The molecule has 1 fully saturated rings. The second kappa shape index (κ2) is 7.11. The molecule has 0 saturated carbocycles. The first-order valence-corrected chi connectivity index (χ1v) is 9.57. The van der Waals surface area contributed by atoms with E-state index in [4.69, 9.17) is 4.74 Å². The molecule has 0 aromatic heterocycles. The number of hydrogen-bond acceptors (Lipinski definition) is 6. The molecular formula is C22H25NO5. The van der Waals surface area contributed by atoms with Gasteiger partial charge in [0.05, 0.1) is 12.5 Å². The first kappa shape index (κ1) is 18.8. The van der Waals surface area contributed by atoms with Crippen LogP contribution in [0.3, 0.4) is 0 Å². The first-order valence-electron chi connectivity index (χ1n) is 9.57. The van der Waals surface area contributed by atoms with Gasteiger partial charge in [-0.2, -0.15) is 0 Å². The zero-order valence-electron chi connectivity index (χ0n) is 16.1. The standard InChI is InChI=1S/C22H25NO5/c1-12-4-3-5-13(8-12)19-10-17(26)21-16(25)9-15(24)20(22(21)28-19)14-6-7-23(2)11-18(14)27/h3-5,8-9,14,18-19,24-25,27H,6-7,10-11H2,1-2H3/t14-,18+,19?/m1/s1. The van der Waals surface area contributed by atoms with E-state index < -0.39 is 12.2 Å². The van der Waals surface area contributed by atoms with Crippen LogP contribution in [0, 0.1) is 6.92 Å². The van der Waals surface area contributed by atoms with E-state index in [9.17, 15) is 20.1 Å². The molecule has 1 saturated heterocycles. The minimum Gasteiger partial charge on any atom is -0.507 e. The molecule has 2 aliphatic rings. The maximum Gasteiger partial charge on any atom is 0.174 e. The number of phenolic OH excluding ortho intramolecular Hbond substituents is 2. The molecule has 0 bridgehead atoms. The number of piperidine rings is 1. The van der Waals surface area contributed by atoms with Gasteiger partial charge in [-0.15, -0.1) is 0 Å². The second-order valence-electron chi connectivity index (χ2n) is 7.91. The van der Waals surface area contributed by atoms with Crippen LogP contribution in [-0.4, -0.2) is 52.2 Å². The minimum absolute atomic E-state index is 0.0998. The fraction of sp³-hybridized carbons (Fsp3) is 0.409. The third kappa shape index (κ3) is 3.23. The minimum atomic E-state index is -0.698. The number of benzene rings is 2. The number of likely N-dealkylation sites (tertiary alicyclic amines) is 1. The molecule has 6 heteroatoms. The average molecular weight is 383 g/mol. The fourth-order valence-electron chi connectivity index (χ4n) is 4.33. The smallest absolute Gasteiger partial charge is 0.174 e. The van der Waals surface area contributed by atoms with Crippen molar-refractivity contribution >= 4 is 5.78 Å².